The number of unbranched alkanes of at least 4 members (excludes halogenated alkanes) is 8. The van der Waals surface area contributed by atoms with Crippen molar-refractivity contribution in [1.82, 2.24) is 4.57 Å². The standard InChI is InChI=1S/C29H36N2O2/c1-23(32)27(30-2)22-24-17-18-29-26(21-24)25-15-11-12-16-28(25)31(29)19-13-9-7-5-4-6-8-10-14-20-33-3/h11-12,15-18,21-22H,4-10,13-14,19-20H2,1,3H3/b27-22-. The Balaban J connectivity index is 1.61. The highest BCUT2D eigenvalue weighted by Gasteiger charge is 2.11. The Morgan fingerprint density at radius 1 is 0.909 bits per heavy atom. The summed E-state index contributed by atoms with van der Waals surface area (Å²) < 4.78 is 7.53. The zero-order valence-electron chi connectivity index (χ0n) is 20.1. The number of methoxy groups -OCH3 is 1. The smallest absolute Gasteiger partial charge is 0.229 e. The van der Waals surface area contributed by atoms with Gasteiger partial charge in [-0.2, -0.15) is 0 Å². The molecule has 33 heavy (non-hydrogen) atoms. The molecule has 0 aliphatic rings. The number of para-hydroxylation sites is 1. The van der Waals surface area contributed by atoms with Gasteiger partial charge < -0.3 is 14.1 Å². The second-order valence-electron chi connectivity index (χ2n) is 8.82. The van der Waals surface area contributed by atoms with Gasteiger partial charge in [0.1, 0.15) is 0 Å². The van der Waals surface area contributed by atoms with Gasteiger partial charge >= 0.3 is 0 Å². The molecule has 4 nitrogen and oxygen atoms in total. The minimum Gasteiger partial charge on any atom is -0.385 e. The summed E-state index contributed by atoms with van der Waals surface area (Å²) in [6, 6.07) is 14.8. The summed E-state index contributed by atoms with van der Waals surface area (Å²) in [7, 11) is 1.77. The van der Waals surface area contributed by atoms with Crippen LogP contribution >= 0.6 is 0 Å². The maximum absolute atomic E-state index is 11.7. The molecule has 1 heterocycles. The second-order valence-corrected chi connectivity index (χ2v) is 8.82. The molecule has 0 aliphatic heterocycles. The van der Waals surface area contributed by atoms with Crippen LogP contribution in [0.2, 0.25) is 0 Å². The predicted octanol–water partition coefficient (Wildman–Crippen LogP) is 7.80. The first-order chi connectivity index (χ1) is 16.2. The van der Waals surface area contributed by atoms with Crippen molar-refractivity contribution in [3.63, 3.8) is 0 Å². The van der Waals surface area contributed by atoms with Gasteiger partial charge in [-0.3, -0.25) is 0 Å². The maximum Gasteiger partial charge on any atom is 0.229 e. The Hall–Kier alpha value is -2.90. The average Bonchev–Trinajstić information content (AvgIpc) is 3.14. The molecule has 0 fully saturated rings. The number of allylic oxidation sites excluding steroid dienone is 1. The average molecular weight is 445 g/mol. The third-order valence-corrected chi connectivity index (χ3v) is 6.31. The highest BCUT2D eigenvalue weighted by atomic mass is 16.5. The first-order valence-electron chi connectivity index (χ1n) is 12.3. The fourth-order valence-corrected chi connectivity index (χ4v) is 4.53. The van der Waals surface area contributed by atoms with Gasteiger partial charge in [0.2, 0.25) is 5.70 Å². The molecule has 0 amide bonds. The van der Waals surface area contributed by atoms with Gasteiger partial charge in [0.15, 0.2) is 5.78 Å². The Kier molecular flexibility index (Phi) is 9.72. The lowest BCUT2D eigenvalue weighted by Crippen LogP contribution is -1.98. The van der Waals surface area contributed by atoms with E-state index in [0.717, 1.165) is 18.7 Å². The Bertz CT molecular complexity index is 1130. The van der Waals surface area contributed by atoms with Crippen LogP contribution in [0.25, 0.3) is 32.7 Å². The van der Waals surface area contributed by atoms with Gasteiger partial charge in [-0.1, -0.05) is 69.2 Å². The van der Waals surface area contributed by atoms with Crippen molar-refractivity contribution in [3.8, 4) is 0 Å². The third-order valence-electron chi connectivity index (χ3n) is 6.31. The number of Topliss-reactive ketones (excluding diaryl/α,β-unsaturated/α-hetero) is 1. The lowest BCUT2D eigenvalue weighted by atomic mass is 10.1. The molecule has 0 atom stereocenters. The summed E-state index contributed by atoms with van der Waals surface area (Å²) >= 11 is 0. The number of ether oxygens (including phenoxy) is 1. The van der Waals surface area contributed by atoms with Crippen LogP contribution in [-0.2, 0) is 16.1 Å². The number of nitrogens with zero attached hydrogens (tertiary/aromatic N) is 2. The van der Waals surface area contributed by atoms with Crippen molar-refractivity contribution in [1.29, 1.82) is 0 Å². The van der Waals surface area contributed by atoms with E-state index < -0.39 is 0 Å². The number of carbonyl (C=O) groups excluding carboxylic acids is 1. The Morgan fingerprint density at radius 3 is 2.21 bits per heavy atom. The summed E-state index contributed by atoms with van der Waals surface area (Å²) in [6.45, 7) is 10.6. The number of hydrogen-bond acceptors (Lipinski definition) is 2. The van der Waals surface area contributed by atoms with Crippen molar-refractivity contribution in [2.45, 2.75) is 71.3 Å². The van der Waals surface area contributed by atoms with E-state index in [4.69, 9.17) is 11.3 Å². The van der Waals surface area contributed by atoms with Gasteiger partial charge in [0, 0.05) is 42.1 Å². The molecule has 3 aromatic rings. The molecule has 1 aromatic heterocycles. The zero-order valence-corrected chi connectivity index (χ0v) is 20.1. The SMILES string of the molecule is [C-]#[N+]/C(=C\c1ccc2c(c1)c1ccccc1n2CCCCCCCCCCCOC)C(C)=O. The highest BCUT2D eigenvalue weighted by molar-refractivity contribution is 6.09. The summed E-state index contributed by atoms with van der Waals surface area (Å²) in [6.07, 6.45) is 13.2. The normalized spacial score (nSPS) is 11.8. The number of aryl methyl sites for hydroxylation is 1. The van der Waals surface area contributed by atoms with Crippen molar-refractivity contribution >= 4 is 33.7 Å². The highest BCUT2D eigenvalue weighted by Crippen LogP contribution is 2.31. The van der Waals surface area contributed by atoms with Crippen molar-refractivity contribution < 1.29 is 9.53 Å². The lowest BCUT2D eigenvalue weighted by Gasteiger charge is -2.08. The molecule has 0 unspecified atom stereocenters. The molecule has 0 saturated carbocycles. The van der Waals surface area contributed by atoms with Gasteiger partial charge in [0.25, 0.3) is 0 Å². The van der Waals surface area contributed by atoms with Gasteiger partial charge in [-0.15, -0.1) is 0 Å². The van der Waals surface area contributed by atoms with E-state index in [1.807, 2.05) is 6.07 Å². The van der Waals surface area contributed by atoms with Crippen molar-refractivity contribution in [2.24, 2.45) is 0 Å². The molecule has 4 heteroatoms. The number of aromatic nitrogens is 1. The summed E-state index contributed by atoms with van der Waals surface area (Å²) in [5.74, 6) is -0.196. The molecule has 3 rings (SSSR count). The number of ketones is 1. The van der Waals surface area contributed by atoms with Crippen molar-refractivity contribution in [3.05, 3.63) is 65.1 Å². The van der Waals surface area contributed by atoms with Crippen molar-refractivity contribution in [2.75, 3.05) is 13.7 Å². The van der Waals surface area contributed by atoms with E-state index in [-0.39, 0.29) is 11.5 Å². The molecular weight excluding hydrogens is 408 g/mol. The molecule has 0 bridgehead atoms. The summed E-state index contributed by atoms with van der Waals surface area (Å²) in [4.78, 5) is 15.0. The summed E-state index contributed by atoms with van der Waals surface area (Å²) in [5, 5.41) is 2.41. The fraction of sp³-hybridized carbons (Fsp3) is 0.448. The van der Waals surface area contributed by atoms with Gasteiger partial charge in [-0.05, 0) is 49.6 Å². The van der Waals surface area contributed by atoms with E-state index in [2.05, 4.69) is 45.8 Å². The zero-order chi connectivity index (χ0) is 23.5. The van der Waals surface area contributed by atoms with Gasteiger partial charge in [0.05, 0.1) is 6.57 Å². The van der Waals surface area contributed by atoms with E-state index >= 15 is 0 Å². The van der Waals surface area contributed by atoms with E-state index in [1.54, 1.807) is 13.2 Å². The van der Waals surface area contributed by atoms with Crippen LogP contribution in [0.1, 0.15) is 70.3 Å². The molecule has 0 radical (unpaired) electrons. The number of benzene rings is 2. The first-order valence-corrected chi connectivity index (χ1v) is 12.3. The number of fused-ring (bicyclic) bond motifs is 3. The van der Waals surface area contributed by atoms with Crippen LogP contribution < -0.4 is 0 Å². The second kappa shape index (κ2) is 13.0. The molecule has 0 saturated heterocycles. The molecule has 174 valence electrons. The van der Waals surface area contributed by atoms with E-state index in [1.165, 1.54) is 86.5 Å². The van der Waals surface area contributed by atoms with Gasteiger partial charge in [-0.25, -0.2) is 4.85 Å². The molecule has 0 aliphatic carbocycles. The Labute approximate surface area is 198 Å². The van der Waals surface area contributed by atoms with Crippen LogP contribution in [0.3, 0.4) is 0 Å². The quantitative estimate of drug-likeness (QED) is 0.144. The minimum atomic E-state index is -0.196. The van der Waals surface area contributed by atoms with E-state index in [9.17, 15) is 4.79 Å². The largest absolute Gasteiger partial charge is 0.385 e. The van der Waals surface area contributed by atoms with Crippen LogP contribution in [0.15, 0.2) is 48.2 Å². The number of rotatable bonds is 14. The number of carbonyl (C=O) groups is 1. The maximum atomic E-state index is 11.7. The molecule has 0 spiro atoms. The lowest BCUT2D eigenvalue weighted by molar-refractivity contribution is -0.113. The summed E-state index contributed by atoms with van der Waals surface area (Å²) in [5.41, 5.74) is 3.54. The van der Waals surface area contributed by atoms with Crippen LogP contribution in [0, 0.1) is 6.57 Å². The first kappa shape index (κ1) is 24.7. The van der Waals surface area contributed by atoms with Crippen LogP contribution in [0.4, 0.5) is 0 Å². The molecule has 0 N–H and O–H groups in total. The minimum absolute atomic E-state index is 0.174. The molecular formula is C29H36N2O2. The monoisotopic (exact) mass is 444 g/mol. The molecule has 2 aromatic carbocycles. The topological polar surface area (TPSA) is 35.6 Å². The predicted molar refractivity (Wildman–Crippen MR) is 138 cm³/mol. The van der Waals surface area contributed by atoms with E-state index in [0.29, 0.717) is 0 Å². The third kappa shape index (κ3) is 6.79. The Morgan fingerprint density at radius 2 is 1.55 bits per heavy atom. The van der Waals surface area contributed by atoms with Crippen LogP contribution in [0.5, 0.6) is 0 Å². The fourth-order valence-electron chi connectivity index (χ4n) is 4.53. The van der Waals surface area contributed by atoms with Crippen LogP contribution in [-0.4, -0.2) is 24.1 Å². The number of hydrogen-bond donors (Lipinski definition) is 0.